The number of rotatable bonds is 6. The molecular formula is C25H28F6N2O3. The van der Waals surface area contributed by atoms with Crippen LogP contribution in [-0.4, -0.2) is 46.3 Å². The van der Waals surface area contributed by atoms with Crippen LogP contribution < -0.4 is 4.74 Å². The highest BCUT2D eigenvalue weighted by molar-refractivity contribution is 5.85. The number of likely N-dealkylation sites (tertiary alicyclic amines) is 1. The van der Waals surface area contributed by atoms with Crippen LogP contribution in [0.4, 0.5) is 26.3 Å². The van der Waals surface area contributed by atoms with Crippen LogP contribution in [0.2, 0.25) is 0 Å². The quantitative estimate of drug-likeness (QED) is 0.446. The van der Waals surface area contributed by atoms with Gasteiger partial charge in [0.15, 0.2) is 0 Å². The van der Waals surface area contributed by atoms with E-state index in [4.69, 9.17) is 9.84 Å². The van der Waals surface area contributed by atoms with Crippen molar-refractivity contribution in [3.8, 4) is 5.75 Å². The lowest BCUT2D eigenvalue weighted by Crippen LogP contribution is -2.36. The van der Waals surface area contributed by atoms with Crippen molar-refractivity contribution in [2.75, 3.05) is 13.1 Å². The largest absolute Gasteiger partial charge is 0.490 e. The summed E-state index contributed by atoms with van der Waals surface area (Å²) in [6, 6.07) is 5.51. The molecule has 36 heavy (non-hydrogen) atoms. The molecule has 2 aliphatic rings. The third-order valence-corrected chi connectivity index (χ3v) is 7.06. The standard InChI is InChI=1S/C25H28F6N2O3/c26-24(27,28)16-3-6-18(7-4-16)36-21-10-9-20-19(23(21)25(29,30)31)8-5-17(32-20)14-33-11-1-2-15(13-33)12-22(34)35/h5,8-10,15-16,18H,1-4,6-7,11-14H2,(H,34,35)/t15-,16?,18?/m1/s1. The number of ether oxygens (including phenoxy) is 1. The van der Waals surface area contributed by atoms with E-state index in [1.54, 1.807) is 0 Å². The summed E-state index contributed by atoms with van der Waals surface area (Å²) in [5.41, 5.74) is -0.255. The average molecular weight is 518 g/mol. The van der Waals surface area contributed by atoms with Crippen molar-refractivity contribution in [1.82, 2.24) is 9.88 Å². The maximum absolute atomic E-state index is 14.1. The van der Waals surface area contributed by atoms with Gasteiger partial charge in [-0.25, -0.2) is 0 Å². The van der Waals surface area contributed by atoms with E-state index in [0.29, 0.717) is 18.8 Å². The summed E-state index contributed by atoms with van der Waals surface area (Å²) in [7, 11) is 0. The molecule has 0 radical (unpaired) electrons. The number of hydrogen-bond acceptors (Lipinski definition) is 4. The number of aliphatic carboxylic acids is 1. The Balaban J connectivity index is 1.51. The SMILES string of the molecule is O=C(O)C[C@H]1CCCN(Cc2ccc3c(C(F)(F)F)c(OC4CCC(C(F)(F)F)CC4)ccc3n2)C1. The van der Waals surface area contributed by atoms with Crippen LogP contribution in [0.25, 0.3) is 10.9 Å². The molecule has 0 amide bonds. The minimum atomic E-state index is -4.74. The Morgan fingerprint density at radius 1 is 1.03 bits per heavy atom. The zero-order valence-corrected chi connectivity index (χ0v) is 19.5. The zero-order valence-electron chi connectivity index (χ0n) is 19.5. The van der Waals surface area contributed by atoms with Gasteiger partial charge in [-0.3, -0.25) is 14.7 Å². The topological polar surface area (TPSA) is 62.7 Å². The normalized spacial score (nSPS) is 24.1. The fourth-order valence-electron chi connectivity index (χ4n) is 5.33. The number of piperidine rings is 1. The maximum Gasteiger partial charge on any atom is 0.420 e. The molecule has 0 spiro atoms. The molecule has 4 rings (SSSR count). The van der Waals surface area contributed by atoms with E-state index in [1.807, 2.05) is 0 Å². The predicted molar refractivity (Wildman–Crippen MR) is 119 cm³/mol. The van der Waals surface area contributed by atoms with Gasteiger partial charge in [-0.2, -0.15) is 26.3 Å². The first-order valence-electron chi connectivity index (χ1n) is 12.1. The monoisotopic (exact) mass is 518 g/mol. The summed E-state index contributed by atoms with van der Waals surface area (Å²) in [6.45, 7) is 1.74. The summed E-state index contributed by atoms with van der Waals surface area (Å²) < 4.78 is 86.5. The number of carbonyl (C=O) groups is 1. The number of carboxylic acid groups (broad SMARTS) is 1. The molecule has 1 aliphatic heterocycles. The lowest BCUT2D eigenvalue weighted by atomic mass is 9.87. The van der Waals surface area contributed by atoms with Crippen LogP contribution in [0.5, 0.6) is 5.75 Å². The van der Waals surface area contributed by atoms with Crippen molar-refractivity contribution < 1.29 is 41.0 Å². The fourth-order valence-corrected chi connectivity index (χ4v) is 5.33. The number of aromatic nitrogens is 1. The van der Waals surface area contributed by atoms with Crippen molar-refractivity contribution in [2.24, 2.45) is 11.8 Å². The van der Waals surface area contributed by atoms with Crippen LogP contribution in [-0.2, 0) is 17.5 Å². The third-order valence-electron chi connectivity index (χ3n) is 7.06. The molecular weight excluding hydrogens is 490 g/mol. The van der Waals surface area contributed by atoms with E-state index in [9.17, 15) is 31.1 Å². The highest BCUT2D eigenvalue weighted by Gasteiger charge is 2.43. The Hall–Kier alpha value is -2.56. The van der Waals surface area contributed by atoms with Crippen LogP contribution >= 0.6 is 0 Å². The highest BCUT2D eigenvalue weighted by atomic mass is 19.4. The molecule has 0 unspecified atom stereocenters. The number of benzene rings is 1. The van der Waals surface area contributed by atoms with E-state index < -0.39 is 41.7 Å². The Bertz CT molecular complexity index is 1080. The summed E-state index contributed by atoms with van der Waals surface area (Å²) in [5, 5.41) is 8.91. The number of nitrogens with zero attached hydrogens (tertiary/aromatic N) is 2. The summed E-state index contributed by atoms with van der Waals surface area (Å²) in [5.74, 6) is -2.67. The first-order chi connectivity index (χ1) is 16.9. The van der Waals surface area contributed by atoms with Gasteiger partial charge in [0.05, 0.1) is 23.2 Å². The molecule has 1 atom stereocenters. The number of fused-ring (bicyclic) bond motifs is 1. The van der Waals surface area contributed by atoms with Gasteiger partial charge >= 0.3 is 18.3 Å². The van der Waals surface area contributed by atoms with E-state index in [2.05, 4.69) is 9.88 Å². The second-order valence-electron chi connectivity index (χ2n) is 9.78. The molecule has 198 valence electrons. The molecule has 2 fully saturated rings. The van der Waals surface area contributed by atoms with Gasteiger partial charge in [-0.1, -0.05) is 6.07 Å². The lowest BCUT2D eigenvalue weighted by molar-refractivity contribution is -0.185. The van der Waals surface area contributed by atoms with E-state index in [0.717, 1.165) is 19.4 Å². The smallest absolute Gasteiger partial charge is 0.420 e. The average Bonchev–Trinajstić information content (AvgIpc) is 2.78. The molecule has 1 aromatic heterocycles. The van der Waals surface area contributed by atoms with Crippen molar-refractivity contribution in [2.45, 2.75) is 69.9 Å². The second kappa shape index (κ2) is 10.4. The number of alkyl halides is 6. The van der Waals surface area contributed by atoms with Gasteiger partial charge < -0.3 is 9.84 Å². The predicted octanol–water partition coefficient (Wildman–Crippen LogP) is 6.44. The number of pyridine rings is 1. The molecule has 0 bridgehead atoms. The van der Waals surface area contributed by atoms with Gasteiger partial charge in [0.1, 0.15) is 11.3 Å². The van der Waals surface area contributed by atoms with Crippen molar-refractivity contribution in [3.63, 3.8) is 0 Å². The summed E-state index contributed by atoms with van der Waals surface area (Å²) in [6.07, 6.45) is -8.28. The van der Waals surface area contributed by atoms with Gasteiger partial charge in [0.25, 0.3) is 0 Å². The minimum Gasteiger partial charge on any atom is -0.490 e. The molecule has 11 heteroatoms. The molecule has 1 saturated carbocycles. The zero-order chi connectivity index (χ0) is 26.1. The maximum atomic E-state index is 14.1. The van der Waals surface area contributed by atoms with E-state index in [-0.39, 0.29) is 48.9 Å². The number of carboxylic acids is 1. The first-order valence-corrected chi connectivity index (χ1v) is 12.1. The molecule has 1 aromatic carbocycles. The van der Waals surface area contributed by atoms with Crippen molar-refractivity contribution >= 4 is 16.9 Å². The first kappa shape index (κ1) is 26.5. The molecule has 1 aliphatic carbocycles. The van der Waals surface area contributed by atoms with Gasteiger partial charge in [-0.15, -0.1) is 0 Å². The third kappa shape index (κ3) is 6.41. The van der Waals surface area contributed by atoms with E-state index >= 15 is 0 Å². The van der Waals surface area contributed by atoms with Crippen LogP contribution in [0.15, 0.2) is 24.3 Å². The molecule has 2 heterocycles. The Kier molecular flexibility index (Phi) is 7.68. The fraction of sp³-hybridized carbons (Fsp3) is 0.600. The van der Waals surface area contributed by atoms with Gasteiger partial charge in [0.2, 0.25) is 0 Å². The lowest BCUT2D eigenvalue weighted by Gasteiger charge is -2.32. The molecule has 5 nitrogen and oxygen atoms in total. The Morgan fingerprint density at radius 3 is 2.39 bits per heavy atom. The highest BCUT2D eigenvalue weighted by Crippen LogP contribution is 2.43. The minimum absolute atomic E-state index is 0.0273. The van der Waals surface area contributed by atoms with Crippen molar-refractivity contribution in [1.29, 1.82) is 0 Å². The number of halogens is 6. The molecule has 1 N–H and O–H groups in total. The van der Waals surface area contributed by atoms with Crippen LogP contribution in [0.3, 0.4) is 0 Å². The van der Waals surface area contributed by atoms with Crippen LogP contribution in [0, 0.1) is 11.8 Å². The van der Waals surface area contributed by atoms with Crippen LogP contribution in [0.1, 0.15) is 56.2 Å². The number of hydrogen-bond donors (Lipinski definition) is 1. The Morgan fingerprint density at radius 2 is 1.75 bits per heavy atom. The second-order valence-corrected chi connectivity index (χ2v) is 9.78. The summed E-state index contributed by atoms with van der Waals surface area (Å²) >= 11 is 0. The van der Waals surface area contributed by atoms with E-state index in [1.165, 1.54) is 24.3 Å². The molecule has 1 saturated heterocycles. The van der Waals surface area contributed by atoms with Gasteiger partial charge in [-0.05, 0) is 69.2 Å². The Labute approximate surface area is 204 Å². The van der Waals surface area contributed by atoms with Crippen molar-refractivity contribution in [3.05, 3.63) is 35.5 Å². The van der Waals surface area contributed by atoms with Gasteiger partial charge in [0, 0.05) is 24.9 Å². The summed E-state index contributed by atoms with van der Waals surface area (Å²) in [4.78, 5) is 17.5. The molecule has 2 aromatic rings.